The number of imidazole rings is 1. The highest BCUT2D eigenvalue weighted by molar-refractivity contribution is 7.92. The fourth-order valence-electron chi connectivity index (χ4n) is 4.95. The summed E-state index contributed by atoms with van der Waals surface area (Å²) < 4.78 is 105. The molecule has 0 spiro atoms. The van der Waals surface area contributed by atoms with E-state index in [-0.39, 0.29) is 45.1 Å². The molecule has 0 radical (unpaired) electrons. The third kappa shape index (κ3) is 5.36. The summed E-state index contributed by atoms with van der Waals surface area (Å²) in [5.74, 6) is -1.02. The Morgan fingerprint density at radius 3 is 2.48 bits per heavy atom. The third-order valence-corrected chi connectivity index (χ3v) is 10.5. The number of ether oxygens (including phenoxy) is 1. The summed E-state index contributed by atoms with van der Waals surface area (Å²) in [6.45, 7) is 2.02. The molecular formula is C27H25F5N4O4S2. The summed E-state index contributed by atoms with van der Waals surface area (Å²) >= 11 is 0.817. The van der Waals surface area contributed by atoms with Gasteiger partial charge in [0.25, 0.3) is 5.91 Å². The van der Waals surface area contributed by atoms with Gasteiger partial charge < -0.3 is 15.8 Å². The molecule has 2 aromatic carbocycles. The number of hydrogen-bond acceptors (Lipinski definition) is 7. The molecule has 8 nitrogen and oxygen atoms in total. The number of nitrogens with zero attached hydrogens (tertiary/aromatic N) is 2. The number of hydrogen-bond donors (Lipinski definition) is 2. The molecule has 1 aliphatic heterocycles. The first kappa shape index (κ1) is 29.9. The zero-order chi connectivity index (χ0) is 30.4. The van der Waals surface area contributed by atoms with Crippen molar-refractivity contribution in [2.75, 3.05) is 13.1 Å². The van der Waals surface area contributed by atoms with Gasteiger partial charge in [-0.1, -0.05) is 18.2 Å². The predicted molar refractivity (Wildman–Crippen MR) is 147 cm³/mol. The molecule has 1 amide bonds. The van der Waals surface area contributed by atoms with Gasteiger partial charge in [-0.05, 0) is 57.1 Å². The standard InChI is InChI=1S/C27H25F5N4O4S2/c1-15(18-4-2-3-5-19(18)26(28,29)30)40-22-13-23(41-24(22)25(33)37)36-14-35-20-7-6-16(12-21(20)36)27(31,32)42(38,39)17-8-10-34-11-9-17/h2-7,12-15,17,34H,8-11H2,1H3,(H2,33,37). The van der Waals surface area contributed by atoms with Gasteiger partial charge in [-0.25, -0.2) is 13.4 Å². The SMILES string of the molecule is CC(Oc1cc(-n2cnc3ccc(C(F)(F)S(=O)(=O)C4CCNCC4)cc32)sc1C(N)=O)c1ccccc1C(F)(F)F. The van der Waals surface area contributed by atoms with Crippen LogP contribution in [0.2, 0.25) is 0 Å². The van der Waals surface area contributed by atoms with Gasteiger partial charge in [-0.15, -0.1) is 11.3 Å². The number of piperidine rings is 1. The van der Waals surface area contributed by atoms with Gasteiger partial charge in [-0.3, -0.25) is 9.36 Å². The van der Waals surface area contributed by atoms with E-state index < -0.39 is 49.7 Å². The van der Waals surface area contributed by atoms with Gasteiger partial charge in [0.2, 0.25) is 9.84 Å². The van der Waals surface area contributed by atoms with Gasteiger partial charge in [0.05, 0.1) is 21.8 Å². The lowest BCUT2D eigenvalue weighted by atomic mass is 10.0. The Bertz CT molecular complexity index is 1740. The summed E-state index contributed by atoms with van der Waals surface area (Å²) in [7, 11) is -4.87. The number of sulfone groups is 1. The lowest BCUT2D eigenvalue weighted by Gasteiger charge is -2.27. The van der Waals surface area contributed by atoms with Crippen LogP contribution in [0.1, 0.15) is 52.2 Å². The summed E-state index contributed by atoms with van der Waals surface area (Å²) in [5, 5.41) is -2.19. The zero-order valence-corrected chi connectivity index (χ0v) is 23.6. The topological polar surface area (TPSA) is 116 Å². The molecule has 1 fully saturated rings. The minimum absolute atomic E-state index is 0.0673. The molecule has 0 bridgehead atoms. The van der Waals surface area contributed by atoms with Crippen molar-refractivity contribution in [2.24, 2.45) is 5.73 Å². The number of aromatic nitrogens is 2. The normalized spacial score (nSPS) is 16.0. The first-order valence-electron chi connectivity index (χ1n) is 12.8. The monoisotopic (exact) mass is 628 g/mol. The first-order valence-corrected chi connectivity index (χ1v) is 15.1. The lowest BCUT2D eigenvalue weighted by molar-refractivity contribution is -0.139. The van der Waals surface area contributed by atoms with E-state index in [0.29, 0.717) is 13.1 Å². The van der Waals surface area contributed by atoms with Crippen LogP contribution >= 0.6 is 11.3 Å². The Kier molecular flexibility index (Phi) is 7.79. The number of carbonyl (C=O) groups is 1. The number of halogens is 5. The van der Waals surface area contributed by atoms with E-state index >= 15 is 8.78 Å². The van der Waals surface area contributed by atoms with Crippen molar-refractivity contribution in [3.05, 3.63) is 76.4 Å². The molecule has 1 aliphatic rings. The number of nitrogens with two attached hydrogens (primary N) is 1. The summed E-state index contributed by atoms with van der Waals surface area (Å²) in [6, 6.07) is 9.49. The molecule has 3 heterocycles. The van der Waals surface area contributed by atoms with Crippen molar-refractivity contribution >= 4 is 38.1 Å². The number of primary amides is 1. The van der Waals surface area contributed by atoms with E-state index in [9.17, 15) is 26.4 Å². The molecule has 15 heteroatoms. The number of rotatable bonds is 8. The maximum atomic E-state index is 15.5. The number of benzene rings is 2. The quantitative estimate of drug-likeness (QED) is 0.247. The second-order valence-electron chi connectivity index (χ2n) is 9.82. The van der Waals surface area contributed by atoms with Crippen LogP contribution in [0.3, 0.4) is 0 Å². The van der Waals surface area contributed by atoms with E-state index in [4.69, 9.17) is 10.5 Å². The van der Waals surface area contributed by atoms with E-state index in [0.717, 1.165) is 29.5 Å². The van der Waals surface area contributed by atoms with Crippen molar-refractivity contribution in [3.63, 3.8) is 0 Å². The Morgan fingerprint density at radius 2 is 1.81 bits per heavy atom. The highest BCUT2D eigenvalue weighted by Crippen LogP contribution is 2.42. The van der Waals surface area contributed by atoms with Crippen LogP contribution in [0.15, 0.2) is 54.9 Å². The summed E-state index contributed by atoms with van der Waals surface area (Å²) in [4.78, 5) is 16.3. The molecular weight excluding hydrogens is 603 g/mol. The zero-order valence-electron chi connectivity index (χ0n) is 22.0. The van der Waals surface area contributed by atoms with Gasteiger partial charge in [0.1, 0.15) is 28.1 Å². The fourth-order valence-corrected chi connectivity index (χ4v) is 7.60. The predicted octanol–water partition coefficient (Wildman–Crippen LogP) is 5.56. The molecule has 1 unspecified atom stereocenters. The highest BCUT2D eigenvalue weighted by Gasteiger charge is 2.51. The van der Waals surface area contributed by atoms with Crippen molar-refractivity contribution in [2.45, 2.75) is 42.6 Å². The number of thiophene rings is 1. The molecule has 3 N–H and O–H groups in total. The fraction of sp³-hybridized carbons (Fsp3) is 0.333. The maximum absolute atomic E-state index is 15.5. The lowest BCUT2D eigenvalue weighted by Crippen LogP contribution is -2.42. The van der Waals surface area contributed by atoms with Gasteiger partial charge in [0.15, 0.2) is 0 Å². The van der Waals surface area contributed by atoms with Crippen LogP contribution in [0, 0.1) is 0 Å². The Morgan fingerprint density at radius 1 is 1.12 bits per heavy atom. The average molecular weight is 629 g/mol. The van der Waals surface area contributed by atoms with Crippen LogP contribution in [0.5, 0.6) is 5.75 Å². The van der Waals surface area contributed by atoms with Gasteiger partial charge in [-0.2, -0.15) is 22.0 Å². The van der Waals surface area contributed by atoms with Crippen molar-refractivity contribution in [1.82, 2.24) is 14.9 Å². The molecule has 5 rings (SSSR count). The van der Waals surface area contributed by atoms with Crippen molar-refractivity contribution < 1.29 is 39.9 Å². The van der Waals surface area contributed by atoms with Crippen molar-refractivity contribution in [1.29, 1.82) is 0 Å². The molecule has 0 aliphatic carbocycles. The van der Waals surface area contributed by atoms with E-state index in [1.54, 1.807) is 0 Å². The number of nitrogens with one attached hydrogen (secondary N) is 1. The largest absolute Gasteiger partial charge is 0.484 e. The van der Waals surface area contributed by atoms with Crippen LogP contribution in [0.4, 0.5) is 22.0 Å². The van der Waals surface area contributed by atoms with Gasteiger partial charge >= 0.3 is 11.4 Å². The second-order valence-corrected chi connectivity index (χ2v) is 13.1. The van der Waals surface area contributed by atoms with Crippen LogP contribution < -0.4 is 15.8 Å². The van der Waals surface area contributed by atoms with E-state index in [1.165, 1.54) is 48.1 Å². The minimum Gasteiger partial charge on any atom is -0.484 e. The van der Waals surface area contributed by atoms with E-state index in [2.05, 4.69) is 10.3 Å². The molecule has 2 aromatic heterocycles. The van der Waals surface area contributed by atoms with Crippen LogP contribution in [-0.2, 0) is 21.3 Å². The maximum Gasteiger partial charge on any atom is 0.416 e. The average Bonchev–Trinajstić information content (AvgIpc) is 3.56. The smallest absolute Gasteiger partial charge is 0.416 e. The minimum atomic E-state index is -4.87. The second kappa shape index (κ2) is 10.9. The van der Waals surface area contributed by atoms with Crippen molar-refractivity contribution in [3.8, 4) is 10.8 Å². The van der Waals surface area contributed by atoms with Crippen LogP contribution in [-0.4, -0.2) is 42.2 Å². The number of fused-ring (bicyclic) bond motifs is 1. The Labute approximate surface area is 241 Å². The molecule has 0 saturated carbocycles. The first-order chi connectivity index (χ1) is 19.7. The highest BCUT2D eigenvalue weighted by atomic mass is 32.2. The summed E-state index contributed by atoms with van der Waals surface area (Å²) in [6.07, 6.45) is -4.36. The number of alkyl halides is 5. The van der Waals surface area contributed by atoms with E-state index in [1.807, 2.05) is 0 Å². The number of carbonyl (C=O) groups excluding carboxylic acids is 1. The number of amides is 1. The molecule has 224 valence electrons. The third-order valence-electron chi connectivity index (χ3n) is 7.12. The van der Waals surface area contributed by atoms with Crippen LogP contribution in [0.25, 0.3) is 16.0 Å². The Balaban J connectivity index is 1.52. The van der Waals surface area contributed by atoms with Gasteiger partial charge in [0, 0.05) is 17.2 Å². The molecule has 42 heavy (non-hydrogen) atoms. The molecule has 4 aromatic rings. The summed E-state index contributed by atoms with van der Waals surface area (Å²) in [5.41, 5.74) is 4.10. The molecule has 1 saturated heterocycles. The molecule has 1 atom stereocenters. The Hall–Kier alpha value is -3.56.